The van der Waals surface area contributed by atoms with Crippen LogP contribution in [0.3, 0.4) is 0 Å². The van der Waals surface area contributed by atoms with Gasteiger partial charge in [0.2, 0.25) is 0 Å². The van der Waals surface area contributed by atoms with Gasteiger partial charge in [-0.1, -0.05) is 36.5 Å². The standard InChI is InChI=1S/C16H15N3S/c1-11-8-12(16(17)20)6-7-13(11)9-19-10-18-14-4-2-3-5-15(14)19/h2-8,10H,9H2,1H3,(H2,17,20). The van der Waals surface area contributed by atoms with Gasteiger partial charge in [0, 0.05) is 12.1 Å². The fraction of sp³-hybridized carbons (Fsp3) is 0.125. The van der Waals surface area contributed by atoms with Crippen LogP contribution in [0.1, 0.15) is 16.7 Å². The maximum atomic E-state index is 5.66. The maximum absolute atomic E-state index is 5.66. The van der Waals surface area contributed by atoms with Gasteiger partial charge in [-0.3, -0.25) is 0 Å². The van der Waals surface area contributed by atoms with E-state index < -0.39 is 0 Å². The van der Waals surface area contributed by atoms with E-state index in [1.54, 1.807) is 0 Å². The smallest absolute Gasteiger partial charge is 0.103 e. The highest BCUT2D eigenvalue weighted by Crippen LogP contribution is 2.17. The van der Waals surface area contributed by atoms with Gasteiger partial charge in [0.1, 0.15) is 4.99 Å². The third-order valence-corrected chi connectivity index (χ3v) is 3.73. The van der Waals surface area contributed by atoms with Crippen LogP contribution < -0.4 is 5.73 Å². The maximum Gasteiger partial charge on any atom is 0.103 e. The molecule has 0 atom stereocenters. The Morgan fingerprint density at radius 1 is 1.25 bits per heavy atom. The lowest BCUT2D eigenvalue weighted by Crippen LogP contribution is -2.10. The van der Waals surface area contributed by atoms with Gasteiger partial charge in [-0.05, 0) is 36.2 Å². The molecular weight excluding hydrogens is 266 g/mol. The van der Waals surface area contributed by atoms with Crippen molar-refractivity contribution in [1.29, 1.82) is 0 Å². The average Bonchev–Trinajstić information content (AvgIpc) is 2.84. The van der Waals surface area contributed by atoms with Crippen molar-refractivity contribution in [3.05, 3.63) is 65.5 Å². The Balaban J connectivity index is 1.97. The van der Waals surface area contributed by atoms with Crippen LogP contribution in [0.5, 0.6) is 0 Å². The first kappa shape index (κ1) is 12.8. The van der Waals surface area contributed by atoms with Crippen molar-refractivity contribution < 1.29 is 0 Å². The zero-order valence-electron chi connectivity index (χ0n) is 11.2. The van der Waals surface area contributed by atoms with E-state index in [2.05, 4.69) is 28.6 Å². The van der Waals surface area contributed by atoms with Crippen molar-refractivity contribution in [1.82, 2.24) is 9.55 Å². The topological polar surface area (TPSA) is 43.8 Å². The highest BCUT2D eigenvalue weighted by atomic mass is 32.1. The van der Waals surface area contributed by atoms with E-state index in [1.807, 2.05) is 36.7 Å². The molecule has 3 aromatic rings. The second-order valence-electron chi connectivity index (χ2n) is 4.87. The number of benzene rings is 2. The van der Waals surface area contributed by atoms with Crippen LogP contribution in [0.15, 0.2) is 48.8 Å². The van der Waals surface area contributed by atoms with Gasteiger partial charge < -0.3 is 10.3 Å². The summed E-state index contributed by atoms with van der Waals surface area (Å²) < 4.78 is 2.15. The van der Waals surface area contributed by atoms with E-state index >= 15 is 0 Å². The number of hydrogen-bond acceptors (Lipinski definition) is 2. The summed E-state index contributed by atoms with van der Waals surface area (Å²) in [6.45, 7) is 2.88. The molecule has 2 N–H and O–H groups in total. The minimum Gasteiger partial charge on any atom is -0.389 e. The largest absolute Gasteiger partial charge is 0.389 e. The fourth-order valence-corrected chi connectivity index (χ4v) is 2.47. The molecule has 3 nitrogen and oxygen atoms in total. The van der Waals surface area contributed by atoms with Gasteiger partial charge in [-0.25, -0.2) is 4.98 Å². The molecule has 0 radical (unpaired) electrons. The predicted octanol–water partition coefficient (Wildman–Crippen LogP) is 3.03. The van der Waals surface area contributed by atoms with Crippen LogP contribution >= 0.6 is 12.2 Å². The molecule has 0 aliphatic heterocycles. The Bertz CT molecular complexity index is 789. The quantitative estimate of drug-likeness (QED) is 0.750. The first-order chi connectivity index (χ1) is 9.65. The number of nitrogens with zero attached hydrogens (tertiary/aromatic N) is 2. The number of imidazole rings is 1. The summed E-state index contributed by atoms with van der Waals surface area (Å²) in [7, 11) is 0. The van der Waals surface area contributed by atoms with Crippen molar-refractivity contribution in [2.45, 2.75) is 13.5 Å². The molecule has 0 amide bonds. The summed E-state index contributed by atoms with van der Waals surface area (Å²) in [6.07, 6.45) is 1.88. The van der Waals surface area contributed by atoms with Crippen molar-refractivity contribution in [3.8, 4) is 0 Å². The molecule has 0 aliphatic rings. The molecular formula is C16H15N3S. The molecule has 4 heteroatoms. The third kappa shape index (κ3) is 2.30. The number of aryl methyl sites for hydroxylation is 1. The second kappa shape index (κ2) is 5.06. The van der Waals surface area contributed by atoms with Crippen molar-refractivity contribution in [2.75, 3.05) is 0 Å². The van der Waals surface area contributed by atoms with E-state index in [1.165, 1.54) is 11.1 Å². The Morgan fingerprint density at radius 3 is 2.80 bits per heavy atom. The van der Waals surface area contributed by atoms with Crippen molar-refractivity contribution in [2.24, 2.45) is 5.73 Å². The number of hydrogen-bond donors (Lipinski definition) is 1. The van der Waals surface area contributed by atoms with Crippen LogP contribution in [0.4, 0.5) is 0 Å². The van der Waals surface area contributed by atoms with E-state index in [-0.39, 0.29) is 0 Å². The molecule has 0 saturated heterocycles. The Hall–Kier alpha value is -2.20. The number of para-hydroxylation sites is 2. The number of aromatic nitrogens is 2. The summed E-state index contributed by atoms with van der Waals surface area (Å²) in [4.78, 5) is 4.85. The summed E-state index contributed by atoms with van der Waals surface area (Å²) >= 11 is 5.01. The zero-order chi connectivity index (χ0) is 14.1. The minimum atomic E-state index is 0.438. The summed E-state index contributed by atoms with van der Waals surface area (Å²) in [5.74, 6) is 0. The van der Waals surface area contributed by atoms with Crippen molar-refractivity contribution >= 4 is 28.2 Å². The summed E-state index contributed by atoms with van der Waals surface area (Å²) in [5, 5.41) is 0. The average molecular weight is 281 g/mol. The molecule has 0 spiro atoms. The molecule has 0 bridgehead atoms. The zero-order valence-corrected chi connectivity index (χ0v) is 12.0. The first-order valence-electron chi connectivity index (χ1n) is 6.44. The van der Waals surface area contributed by atoms with Gasteiger partial charge in [0.25, 0.3) is 0 Å². The monoisotopic (exact) mass is 281 g/mol. The van der Waals surface area contributed by atoms with Crippen molar-refractivity contribution in [3.63, 3.8) is 0 Å². The van der Waals surface area contributed by atoms with Crippen LogP contribution in [0.2, 0.25) is 0 Å². The van der Waals surface area contributed by atoms with E-state index in [0.29, 0.717) is 4.99 Å². The molecule has 3 rings (SSSR count). The summed E-state index contributed by atoms with van der Waals surface area (Å²) in [5.41, 5.74) is 11.2. The molecule has 2 aromatic carbocycles. The fourth-order valence-electron chi connectivity index (χ4n) is 2.35. The SMILES string of the molecule is Cc1cc(C(N)=S)ccc1Cn1cnc2ccccc21. The Kier molecular flexibility index (Phi) is 3.24. The van der Waals surface area contributed by atoms with E-state index in [9.17, 15) is 0 Å². The molecule has 0 aliphatic carbocycles. The predicted molar refractivity (Wildman–Crippen MR) is 85.9 cm³/mol. The summed E-state index contributed by atoms with van der Waals surface area (Å²) in [6, 6.07) is 14.2. The molecule has 1 heterocycles. The van der Waals surface area contributed by atoms with E-state index in [0.717, 1.165) is 23.1 Å². The van der Waals surface area contributed by atoms with Gasteiger partial charge in [0.15, 0.2) is 0 Å². The van der Waals surface area contributed by atoms with Gasteiger partial charge >= 0.3 is 0 Å². The molecule has 1 aromatic heterocycles. The van der Waals surface area contributed by atoms with Crippen LogP contribution in [-0.4, -0.2) is 14.5 Å². The Morgan fingerprint density at radius 2 is 2.05 bits per heavy atom. The number of rotatable bonds is 3. The highest BCUT2D eigenvalue weighted by molar-refractivity contribution is 7.80. The molecule has 20 heavy (non-hydrogen) atoms. The van der Waals surface area contributed by atoms with Gasteiger partial charge in [0.05, 0.1) is 17.4 Å². The molecule has 100 valence electrons. The lowest BCUT2D eigenvalue weighted by Gasteiger charge is -2.09. The Labute approximate surface area is 123 Å². The normalized spacial score (nSPS) is 10.8. The lowest BCUT2D eigenvalue weighted by atomic mass is 10.0. The number of fused-ring (bicyclic) bond motifs is 1. The number of nitrogens with two attached hydrogens (primary N) is 1. The van der Waals surface area contributed by atoms with Gasteiger partial charge in [-0.15, -0.1) is 0 Å². The molecule has 0 saturated carbocycles. The van der Waals surface area contributed by atoms with Crippen LogP contribution in [0, 0.1) is 6.92 Å². The molecule has 0 fully saturated rings. The first-order valence-corrected chi connectivity index (χ1v) is 6.85. The number of thiocarbonyl (C=S) groups is 1. The third-order valence-electron chi connectivity index (χ3n) is 3.50. The lowest BCUT2D eigenvalue weighted by molar-refractivity contribution is 0.818. The minimum absolute atomic E-state index is 0.438. The second-order valence-corrected chi connectivity index (χ2v) is 5.31. The molecule has 0 unspecified atom stereocenters. The van der Waals surface area contributed by atoms with Crippen LogP contribution in [-0.2, 0) is 6.54 Å². The highest BCUT2D eigenvalue weighted by Gasteiger charge is 2.06. The van der Waals surface area contributed by atoms with Gasteiger partial charge in [-0.2, -0.15) is 0 Å². The van der Waals surface area contributed by atoms with Crippen LogP contribution in [0.25, 0.3) is 11.0 Å². The van der Waals surface area contributed by atoms with E-state index in [4.69, 9.17) is 18.0 Å².